The van der Waals surface area contributed by atoms with Crippen molar-refractivity contribution in [3.05, 3.63) is 66.1 Å². The topological polar surface area (TPSA) is 50.2 Å². The second-order valence-electron chi connectivity index (χ2n) is 4.45. The first kappa shape index (κ1) is 12.3. The van der Waals surface area contributed by atoms with Crippen LogP contribution in [0.4, 0.5) is 5.69 Å². The van der Waals surface area contributed by atoms with Crippen LogP contribution in [0.3, 0.4) is 0 Å². The van der Waals surface area contributed by atoms with E-state index in [0.717, 1.165) is 28.0 Å². The van der Waals surface area contributed by atoms with Gasteiger partial charge in [0.2, 0.25) is 0 Å². The number of hydrogen-bond acceptors (Lipinski definition) is 4. The third-order valence-electron chi connectivity index (χ3n) is 2.91. The summed E-state index contributed by atoms with van der Waals surface area (Å²) in [5.41, 5.74) is 6.74. The number of anilines is 1. The van der Waals surface area contributed by atoms with Gasteiger partial charge in [-0.15, -0.1) is 0 Å². The number of hydrogen-bond donors (Lipinski definition) is 1. The molecule has 98 valence electrons. The first-order valence-corrected chi connectivity index (χ1v) is 6.39. The monoisotopic (exact) mass is 262 g/mol. The number of nitrogens with one attached hydrogen (secondary N) is 1. The number of pyridine rings is 2. The highest BCUT2D eigenvalue weighted by Gasteiger charge is 2.01. The van der Waals surface area contributed by atoms with Gasteiger partial charge in [0.15, 0.2) is 0 Å². The summed E-state index contributed by atoms with van der Waals surface area (Å²) < 4.78 is 0. The molecule has 4 heteroatoms. The molecule has 0 saturated heterocycles. The van der Waals surface area contributed by atoms with Crippen LogP contribution in [0.1, 0.15) is 11.4 Å². The lowest BCUT2D eigenvalue weighted by Gasteiger charge is -2.06. The van der Waals surface area contributed by atoms with E-state index in [1.807, 2.05) is 55.5 Å². The predicted molar refractivity (Wildman–Crippen MR) is 81.9 cm³/mol. The highest BCUT2D eigenvalue weighted by atomic mass is 15.3. The minimum Gasteiger partial charge on any atom is -0.278 e. The van der Waals surface area contributed by atoms with Gasteiger partial charge in [0.25, 0.3) is 0 Å². The third-order valence-corrected chi connectivity index (χ3v) is 2.91. The third kappa shape index (κ3) is 2.64. The maximum atomic E-state index is 4.50. The van der Waals surface area contributed by atoms with E-state index in [2.05, 4.69) is 20.5 Å². The van der Waals surface area contributed by atoms with Crippen LogP contribution in [0.5, 0.6) is 0 Å². The zero-order valence-corrected chi connectivity index (χ0v) is 11.1. The maximum Gasteiger partial charge on any atom is 0.0830 e. The molecule has 4 nitrogen and oxygen atoms in total. The fourth-order valence-electron chi connectivity index (χ4n) is 2.02. The summed E-state index contributed by atoms with van der Waals surface area (Å²) in [5, 5.41) is 5.29. The van der Waals surface area contributed by atoms with Gasteiger partial charge in [0.05, 0.1) is 23.1 Å². The number of hydrazone groups is 1. The van der Waals surface area contributed by atoms with Crippen LogP contribution >= 0.6 is 0 Å². The number of nitrogens with zero attached hydrogens (tertiary/aromatic N) is 3. The first-order chi connectivity index (χ1) is 9.83. The minimum absolute atomic E-state index is 0.815. The van der Waals surface area contributed by atoms with Crippen molar-refractivity contribution in [3.63, 3.8) is 0 Å². The minimum atomic E-state index is 0.815. The lowest BCUT2D eigenvalue weighted by Crippen LogP contribution is -1.95. The van der Waals surface area contributed by atoms with Crippen molar-refractivity contribution in [1.29, 1.82) is 0 Å². The number of fused-ring (bicyclic) bond motifs is 1. The van der Waals surface area contributed by atoms with Crippen LogP contribution in [-0.2, 0) is 0 Å². The van der Waals surface area contributed by atoms with Crippen molar-refractivity contribution in [2.45, 2.75) is 6.92 Å². The summed E-state index contributed by atoms with van der Waals surface area (Å²) in [6, 6.07) is 15.7. The molecule has 0 aliphatic heterocycles. The number of benzene rings is 1. The summed E-state index contributed by atoms with van der Waals surface area (Å²) in [5.74, 6) is 0. The molecule has 0 atom stereocenters. The van der Waals surface area contributed by atoms with Gasteiger partial charge >= 0.3 is 0 Å². The average molecular weight is 262 g/mol. The molecule has 20 heavy (non-hydrogen) atoms. The lowest BCUT2D eigenvalue weighted by molar-refractivity contribution is 1.23. The standard InChI is InChI=1S/C16H14N4/c1-12-10-16(14-7-2-3-8-15(14)19-12)20-18-11-13-6-4-5-9-17-13/h2-11H,1H3,(H,19,20)/b18-11+. The van der Waals surface area contributed by atoms with E-state index >= 15 is 0 Å². The van der Waals surface area contributed by atoms with Crippen LogP contribution in [0.25, 0.3) is 10.9 Å². The maximum absolute atomic E-state index is 4.50. The molecule has 0 aliphatic rings. The Bertz CT molecular complexity index is 751. The molecule has 0 bridgehead atoms. The molecule has 1 aromatic carbocycles. The largest absolute Gasteiger partial charge is 0.278 e. The second kappa shape index (κ2) is 5.48. The zero-order chi connectivity index (χ0) is 13.8. The van der Waals surface area contributed by atoms with E-state index in [-0.39, 0.29) is 0 Å². The number of aromatic nitrogens is 2. The van der Waals surface area contributed by atoms with Gasteiger partial charge in [-0.1, -0.05) is 24.3 Å². The summed E-state index contributed by atoms with van der Waals surface area (Å²) in [7, 11) is 0. The Morgan fingerprint density at radius 2 is 1.95 bits per heavy atom. The normalized spacial score (nSPS) is 11.1. The van der Waals surface area contributed by atoms with E-state index < -0.39 is 0 Å². The van der Waals surface area contributed by atoms with Gasteiger partial charge in [0, 0.05) is 17.3 Å². The van der Waals surface area contributed by atoms with Crippen LogP contribution in [0, 0.1) is 6.92 Å². The van der Waals surface area contributed by atoms with Crippen LogP contribution in [-0.4, -0.2) is 16.2 Å². The summed E-state index contributed by atoms with van der Waals surface area (Å²) in [6.45, 7) is 1.97. The van der Waals surface area contributed by atoms with Crippen molar-refractivity contribution >= 4 is 22.8 Å². The summed E-state index contributed by atoms with van der Waals surface area (Å²) >= 11 is 0. The lowest BCUT2D eigenvalue weighted by atomic mass is 10.1. The smallest absolute Gasteiger partial charge is 0.0830 e. The van der Waals surface area contributed by atoms with Crippen molar-refractivity contribution < 1.29 is 0 Å². The Morgan fingerprint density at radius 1 is 1.10 bits per heavy atom. The van der Waals surface area contributed by atoms with Gasteiger partial charge < -0.3 is 0 Å². The Hall–Kier alpha value is -2.75. The molecular weight excluding hydrogens is 248 g/mol. The molecule has 3 aromatic rings. The van der Waals surface area contributed by atoms with Crippen LogP contribution < -0.4 is 5.43 Å². The SMILES string of the molecule is Cc1cc(N/N=C/c2ccccn2)c2ccccc2n1. The highest BCUT2D eigenvalue weighted by molar-refractivity contribution is 5.91. The van der Waals surface area contributed by atoms with Crippen LogP contribution in [0.2, 0.25) is 0 Å². The molecule has 0 spiro atoms. The van der Waals surface area contributed by atoms with Crippen molar-refractivity contribution in [2.24, 2.45) is 5.10 Å². The molecule has 0 aliphatic carbocycles. The molecule has 2 aromatic heterocycles. The Labute approximate surface area is 117 Å². The fraction of sp³-hybridized carbons (Fsp3) is 0.0625. The molecule has 0 amide bonds. The van der Waals surface area contributed by atoms with E-state index in [1.165, 1.54) is 0 Å². The van der Waals surface area contributed by atoms with E-state index in [1.54, 1.807) is 12.4 Å². The van der Waals surface area contributed by atoms with Crippen LogP contribution in [0.15, 0.2) is 59.8 Å². The molecule has 0 radical (unpaired) electrons. The predicted octanol–water partition coefficient (Wildman–Crippen LogP) is 3.38. The highest BCUT2D eigenvalue weighted by Crippen LogP contribution is 2.22. The van der Waals surface area contributed by atoms with Gasteiger partial charge in [-0.05, 0) is 31.2 Å². The zero-order valence-electron chi connectivity index (χ0n) is 11.1. The molecule has 0 saturated carbocycles. The quantitative estimate of drug-likeness (QED) is 0.581. The second-order valence-corrected chi connectivity index (χ2v) is 4.45. The van der Waals surface area contributed by atoms with Gasteiger partial charge in [-0.2, -0.15) is 5.10 Å². The number of aryl methyl sites for hydroxylation is 1. The van der Waals surface area contributed by atoms with Crippen molar-refractivity contribution in [2.75, 3.05) is 5.43 Å². The van der Waals surface area contributed by atoms with Crippen molar-refractivity contribution in [3.8, 4) is 0 Å². The summed E-state index contributed by atoms with van der Waals surface area (Å²) in [6.07, 6.45) is 3.44. The van der Waals surface area contributed by atoms with Crippen molar-refractivity contribution in [1.82, 2.24) is 9.97 Å². The summed E-state index contributed by atoms with van der Waals surface area (Å²) in [4.78, 5) is 8.69. The fourth-order valence-corrected chi connectivity index (χ4v) is 2.02. The number of rotatable bonds is 3. The molecule has 1 N–H and O–H groups in total. The Kier molecular flexibility index (Phi) is 3.37. The molecule has 2 heterocycles. The molecular formula is C16H14N4. The van der Waals surface area contributed by atoms with Gasteiger partial charge in [0.1, 0.15) is 0 Å². The van der Waals surface area contributed by atoms with Gasteiger partial charge in [-0.3, -0.25) is 15.4 Å². The Morgan fingerprint density at radius 3 is 2.80 bits per heavy atom. The first-order valence-electron chi connectivity index (χ1n) is 6.39. The molecule has 0 unspecified atom stereocenters. The molecule has 0 fully saturated rings. The number of para-hydroxylation sites is 1. The molecule has 3 rings (SSSR count). The van der Waals surface area contributed by atoms with E-state index in [9.17, 15) is 0 Å². The van der Waals surface area contributed by atoms with E-state index in [0.29, 0.717) is 0 Å². The van der Waals surface area contributed by atoms with E-state index in [4.69, 9.17) is 0 Å². The Balaban J connectivity index is 1.89. The average Bonchev–Trinajstić information content (AvgIpc) is 2.48. The van der Waals surface area contributed by atoms with Gasteiger partial charge in [-0.25, -0.2) is 0 Å².